The van der Waals surface area contributed by atoms with Gasteiger partial charge >= 0.3 is 0 Å². The van der Waals surface area contributed by atoms with Crippen LogP contribution in [0.3, 0.4) is 0 Å². The van der Waals surface area contributed by atoms with Crippen LogP contribution in [-0.2, 0) is 0 Å². The van der Waals surface area contributed by atoms with Crippen LogP contribution in [0.1, 0.15) is 15.9 Å². The molecule has 2 aliphatic heterocycles. The fourth-order valence-corrected chi connectivity index (χ4v) is 2.89. The van der Waals surface area contributed by atoms with Crippen LogP contribution in [0.4, 0.5) is 5.69 Å². The van der Waals surface area contributed by atoms with E-state index in [9.17, 15) is 4.79 Å². The van der Waals surface area contributed by atoms with E-state index in [4.69, 9.17) is 11.6 Å². The predicted molar refractivity (Wildman–Crippen MR) is 88.4 cm³/mol. The first-order valence-electron chi connectivity index (χ1n) is 7.15. The topological polar surface area (TPSA) is 70.0 Å². The van der Waals surface area contributed by atoms with Crippen LogP contribution in [0.5, 0.6) is 0 Å². The Kier molecular flexibility index (Phi) is 3.31. The lowest BCUT2D eigenvalue weighted by Gasteiger charge is -2.27. The van der Waals surface area contributed by atoms with Gasteiger partial charge in [0.2, 0.25) is 5.96 Å². The summed E-state index contributed by atoms with van der Waals surface area (Å²) in [6.07, 6.45) is 3.14. The lowest BCUT2D eigenvalue weighted by Crippen LogP contribution is -2.47. The minimum absolute atomic E-state index is 0.256. The molecule has 0 bridgehead atoms. The number of halogens is 1. The number of carbonyl (C=O) groups is 1. The maximum Gasteiger partial charge on any atom is 0.259 e. The Bertz CT molecular complexity index is 847. The van der Waals surface area contributed by atoms with Crippen LogP contribution in [-0.4, -0.2) is 40.7 Å². The van der Waals surface area contributed by atoms with Gasteiger partial charge in [0.15, 0.2) is 0 Å². The second kappa shape index (κ2) is 5.48. The molecule has 2 aliphatic rings. The van der Waals surface area contributed by atoms with Crippen molar-refractivity contribution in [2.24, 2.45) is 9.98 Å². The number of aliphatic imine (C=N–C) groups is 2. The third-order valence-corrected chi connectivity index (χ3v) is 4.00. The normalized spacial score (nSPS) is 15.4. The Balaban J connectivity index is 1.72. The smallest absolute Gasteiger partial charge is 0.259 e. The van der Waals surface area contributed by atoms with E-state index in [0.29, 0.717) is 35.3 Å². The highest BCUT2D eigenvalue weighted by atomic mass is 35.5. The molecule has 1 N–H and O–H groups in total. The number of hydrogen-bond donors (Lipinski definition) is 1. The zero-order valence-electron chi connectivity index (χ0n) is 12.0. The average Bonchev–Trinajstić information content (AvgIpc) is 3.05. The molecule has 0 saturated heterocycles. The molecule has 0 atom stereocenters. The van der Waals surface area contributed by atoms with Crippen molar-refractivity contribution < 1.29 is 4.79 Å². The minimum atomic E-state index is -0.256. The monoisotopic (exact) mass is 325 g/mol. The Morgan fingerprint density at radius 1 is 1.26 bits per heavy atom. The standard InChI is InChI=1S/C16H12ClN5O/c17-11-4-1-5-12-13(11)14-19-7-8-22(14)16(20-12)21-15(23)10-3-2-6-18-9-10/h1-6,9H,7-8H2,(H,20,21,23). The molecular formula is C16H12ClN5O. The second-order valence-corrected chi connectivity index (χ2v) is 5.53. The van der Waals surface area contributed by atoms with Crippen LogP contribution in [0, 0.1) is 0 Å². The van der Waals surface area contributed by atoms with Crippen molar-refractivity contribution in [1.29, 1.82) is 0 Å². The maximum absolute atomic E-state index is 12.4. The van der Waals surface area contributed by atoms with Crippen LogP contribution < -0.4 is 5.32 Å². The first-order chi connectivity index (χ1) is 11.2. The van der Waals surface area contributed by atoms with Crippen molar-refractivity contribution in [1.82, 2.24) is 15.2 Å². The number of amidine groups is 1. The number of amides is 1. The molecule has 1 amide bonds. The van der Waals surface area contributed by atoms with Crippen LogP contribution in [0.2, 0.25) is 5.02 Å². The fraction of sp³-hybridized carbons (Fsp3) is 0.125. The molecule has 1 aromatic heterocycles. The summed E-state index contributed by atoms with van der Waals surface area (Å²) in [5.74, 6) is 0.959. The van der Waals surface area contributed by atoms with E-state index >= 15 is 0 Å². The van der Waals surface area contributed by atoms with Gasteiger partial charge in [-0.1, -0.05) is 17.7 Å². The third kappa shape index (κ3) is 2.37. The molecule has 23 heavy (non-hydrogen) atoms. The summed E-state index contributed by atoms with van der Waals surface area (Å²) in [7, 11) is 0. The summed E-state index contributed by atoms with van der Waals surface area (Å²) in [6.45, 7) is 1.30. The second-order valence-electron chi connectivity index (χ2n) is 5.12. The van der Waals surface area contributed by atoms with Gasteiger partial charge in [-0.2, -0.15) is 0 Å². The number of nitrogens with zero attached hydrogens (tertiary/aromatic N) is 4. The number of benzene rings is 1. The van der Waals surface area contributed by atoms with Crippen molar-refractivity contribution in [3.63, 3.8) is 0 Å². The number of hydrogen-bond acceptors (Lipinski definition) is 5. The van der Waals surface area contributed by atoms with Gasteiger partial charge in [0, 0.05) is 18.9 Å². The van der Waals surface area contributed by atoms with Gasteiger partial charge in [0.1, 0.15) is 5.84 Å². The summed E-state index contributed by atoms with van der Waals surface area (Å²) < 4.78 is 0. The van der Waals surface area contributed by atoms with Crippen molar-refractivity contribution in [2.75, 3.05) is 13.1 Å². The van der Waals surface area contributed by atoms with Crippen molar-refractivity contribution in [2.45, 2.75) is 0 Å². The largest absolute Gasteiger partial charge is 0.294 e. The number of aromatic nitrogens is 1. The first kappa shape index (κ1) is 13.9. The Morgan fingerprint density at radius 2 is 2.17 bits per heavy atom. The highest BCUT2D eigenvalue weighted by molar-refractivity contribution is 6.36. The van der Waals surface area contributed by atoms with Gasteiger partial charge in [0.05, 0.1) is 28.4 Å². The van der Waals surface area contributed by atoms with Crippen LogP contribution in [0.15, 0.2) is 52.7 Å². The molecular weight excluding hydrogens is 314 g/mol. The van der Waals surface area contributed by atoms with Gasteiger partial charge in [-0.05, 0) is 24.3 Å². The number of carbonyl (C=O) groups excluding carboxylic acids is 1. The quantitative estimate of drug-likeness (QED) is 0.874. The van der Waals surface area contributed by atoms with Crippen LogP contribution >= 0.6 is 11.6 Å². The first-order valence-corrected chi connectivity index (χ1v) is 7.53. The molecule has 0 aliphatic carbocycles. The fourth-order valence-electron chi connectivity index (χ4n) is 2.64. The molecule has 0 unspecified atom stereocenters. The Hall–Kier alpha value is -2.73. The molecule has 0 saturated carbocycles. The van der Waals surface area contributed by atoms with Crippen LogP contribution in [0.25, 0.3) is 0 Å². The molecule has 0 radical (unpaired) electrons. The van der Waals surface area contributed by atoms with Crippen molar-refractivity contribution in [3.8, 4) is 0 Å². The van der Waals surface area contributed by atoms with Gasteiger partial charge in [-0.25, -0.2) is 4.99 Å². The van der Waals surface area contributed by atoms with Gasteiger partial charge < -0.3 is 0 Å². The van der Waals surface area contributed by atoms with E-state index in [1.807, 2.05) is 23.1 Å². The average molecular weight is 326 g/mol. The number of fused-ring (bicyclic) bond motifs is 3. The Labute approximate surface area is 137 Å². The lowest BCUT2D eigenvalue weighted by molar-refractivity contribution is 0.0973. The summed E-state index contributed by atoms with van der Waals surface area (Å²) in [5, 5.41) is 3.45. The van der Waals surface area contributed by atoms with Crippen molar-refractivity contribution in [3.05, 3.63) is 58.9 Å². The minimum Gasteiger partial charge on any atom is -0.294 e. The molecule has 1 aromatic carbocycles. The van der Waals surface area contributed by atoms with Gasteiger partial charge in [-0.3, -0.25) is 25.0 Å². The molecule has 2 aromatic rings. The van der Waals surface area contributed by atoms with E-state index in [-0.39, 0.29) is 5.91 Å². The summed E-state index contributed by atoms with van der Waals surface area (Å²) in [6, 6.07) is 8.92. The molecule has 6 nitrogen and oxygen atoms in total. The number of nitrogens with one attached hydrogen (secondary N) is 1. The van der Waals surface area contributed by atoms with Gasteiger partial charge in [0.25, 0.3) is 5.91 Å². The molecule has 114 valence electrons. The third-order valence-electron chi connectivity index (χ3n) is 3.69. The molecule has 0 spiro atoms. The number of pyridine rings is 1. The van der Waals surface area contributed by atoms with E-state index in [1.54, 1.807) is 18.3 Å². The van der Waals surface area contributed by atoms with E-state index in [0.717, 1.165) is 11.4 Å². The SMILES string of the molecule is O=C(NC1=Nc2cccc(Cl)c2C2=NCCN12)c1cccnc1. The molecule has 4 rings (SSSR count). The lowest BCUT2D eigenvalue weighted by atomic mass is 10.1. The Morgan fingerprint density at radius 3 is 3.00 bits per heavy atom. The van der Waals surface area contributed by atoms with Crippen molar-refractivity contribution >= 4 is 35.0 Å². The highest BCUT2D eigenvalue weighted by Crippen LogP contribution is 2.33. The maximum atomic E-state index is 12.4. The zero-order valence-corrected chi connectivity index (χ0v) is 12.8. The summed E-state index contributed by atoms with van der Waals surface area (Å²) in [4.78, 5) is 27.2. The summed E-state index contributed by atoms with van der Waals surface area (Å²) in [5.41, 5.74) is 1.99. The van der Waals surface area contributed by atoms with E-state index < -0.39 is 0 Å². The highest BCUT2D eigenvalue weighted by Gasteiger charge is 2.31. The number of rotatable bonds is 1. The molecule has 3 heterocycles. The predicted octanol–water partition coefficient (Wildman–Crippen LogP) is 2.23. The number of guanidine groups is 1. The van der Waals surface area contributed by atoms with Gasteiger partial charge in [-0.15, -0.1) is 0 Å². The molecule has 0 fully saturated rings. The zero-order chi connectivity index (χ0) is 15.8. The molecule has 7 heteroatoms. The van der Waals surface area contributed by atoms with E-state index in [1.165, 1.54) is 6.20 Å². The van der Waals surface area contributed by atoms with E-state index in [2.05, 4.69) is 20.3 Å². The summed E-state index contributed by atoms with van der Waals surface area (Å²) >= 11 is 6.29.